The molecule has 0 atom stereocenters. The minimum atomic E-state index is 0. The van der Waals surface area contributed by atoms with Crippen molar-refractivity contribution in [1.82, 2.24) is 0 Å². The Kier molecular flexibility index (Phi) is 12.0. The van der Waals surface area contributed by atoms with Crippen LogP contribution in [0.4, 0.5) is 0 Å². The summed E-state index contributed by atoms with van der Waals surface area (Å²) in [4.78, 5) is 0. The van der Waals surface area contributed by atoms with Crippen molar-refractivity contribution in [1.29, 1.82) is 0 Å². The van der Waals surface area contributed by atoms with E-state index >= 15 is 0 Å². The van der Waals surface area contributed by atoms with E-state index in [9.17, 15) is 0 Å². The SMILES string of the molecule is C[C-]=C(C)C=CC.[K+]. The molecule has 0 rings (SSSR count). The Bertz CT molecular complexity index is 90.6. The molecule has 0 nitrogen and oxygen atoms in total. The van der Waals surface area contributed by atoms with E-state index in [0.717, 1.165) is 0 Å². The molecule has 0 aromatic rings. The fraction of sp³-hybridized carbons (Fsp3) is 0.429. The molecule has 0 aliphatic rings. The summed E-state index contributed by atoms with van der Waals surface area (Å²) in [7, 11) is 0. The smallest absolute Gasteiger partial charge is 0.275 e. The normalized spacial score (nSPS) is 11.6. The van der Waals surface area contributed by atoms with Gasteiger partial charge in [-0.05, 0) is 0 Å². The van der Waals surface area contributed by atoms with Gasteiger partial charge in [-0.3, -0.25) is 6.08 Å². The minimum Gasteiger partial charge on any atom is -0.275 e. The second-order valence-electron chi connectivity index (χ2n) is 1.43. The molecule has 0 saturated heterocycles. The van der Waals surface area contributed by atoms with Gasteiger partial charge in [-0.25, -0.2) is 11.6 Å². The Morgan fingerprint density at radius 3 is 2.12 bits per heavy atom. The van der Waals surface area contributed by atoms with Gasteiger partial charge >= 0.3 is 51.4 Å². The Morgan fingerprint density at radius 1 is 1.50 bits per heavy atom. The summed E-state index contributed by atoms with van der Waals surface area (Å²) in [5.74, 6) is 0. The molecule has 0 aliphatic heterocycles. The van der Waals surface area contributed by atoms with E-state index in [4.69, 9.17) is 0 Å². The third kappa shape index (κ3) is 7.12. The summed E-state index contributed by atoms with van der Waals surface area (Å²) in [5, 5.41) is 0. The summed E-state index contributed by atoms with van der Waals surface area (Å²) in [6.45, 7) is 5.94. The molecular weight excluding hydrogens is 123 g/mol. The Labute approximate surface area is 94.5 Å². The van der Waals surface area contributed by atoms with Crippen LogP contribution in [0.25, 0.3) is 0 Å². The molecule has 1 heteroatoms. The topological polar surface area (TPSA) is 0 Å². The molecular formula is C7H11K. The van der Waals surface area contributed by atoms with Gasteiger partial charge in [0.05, 0.1) is 0 Å². The van der Waals surface area contributed by atoms with Crippen molar-refractivity contribution in [2.45, 2.75) is 20.8 Å². The predicted molar refractivity (Wildman–Crippen MR) is 32.9 cm³/mol. The molecule has 0 saturated carbocycles. The molecule has 0 heterocycles. The van der Waals surface area contributed by atoms with Crippen molar-refractivity contribution in [2.75, 3.05) is 0 Å². The molecule has 0 spiro atoms. The van der Waals surface area contributed by atoms with E-state index in [1.165, 1.54) is 5.57 Å². The second kappa shape index (κ2) is 8.12. The van der Waals surface area contributed by atoms with Crippen LogP contribution in [0, 0.1) is 6.08 Å². The second-order valence-corrected chi connectivity index (χ2v) is 1.43. The Morgan fingerprint density at radius 2 is 2.00 bits per heavy atom. The van der Waals surface area contributed by atoms with Crippen LogP contribution in [0.5, 0.6) is 0 Å². The number of hydrogen-bond acceptors (Lipinski definition) is 0. The van der Waals surface area contributed by atoms with Gasteiger partial charge in [-0.1, -0.05) is 13.8 Å². The average Bonchev–Trinajstić information content (AvgIpc) is 1.68. The van der Waals surface area contributed by atoms with E-state index in [1.54, 1.807) is 0 Å². The first-order chi connectivity index (χ1) is 3.31. The first kappa shape index (κ1) is 11.9. The van der Waals surface area contributed by atoms with Crippen molar-refractivity contribution >= 4 is 0 Å². The number of rotatable bonds is 1. The van der Waals surface area contributed by atoms with Crippen LogP contribution in [0.3, 0.4) is 0 Å². The van der Waals surface area contributed by atoms with Gasteiger partial charge < -0.3 is 0 Å². The fourth-order valence-corrected chi connectivity index (χ4v) is 0.333. The van der Waals surface area contributed by atoms with Crippen LogP contribution in [-0.4, -0.2) is 0 Å². The van der Waals surface area contributed by atoms with Gasteiger partial charge in [0, 0.05) is 0 Å². The van der Waals surface area contributed by atoms with Gasteiger partial charge in [0.1, 0.15) is 0 Å². The minimum absolute atomic E-state index is 0. The maximum absolute atomic E-state index is 3.00. The zero-order chi connectivity index (χ0) is 5.70. The zero-order valence-corrected chi connectivity index (χ0v) is 9.28. The molecule has 0 radical (unpaired) electrons. The molecule has 0 unspecified atom stereocenters. The van der Waals surface area contributed by atoms with Crippen LogP contribution in [-0.2, 0) is 0 Å². The van der Waals surface area contributed by atoms with Crippen LogP contribution >= 0.6 is 0 Å². The Hall–Kier alpha value is 1.12. The largest absolute Gasteiger partial charge is 1.00 e. The van der Waals surface area contributed by atoms with E-state index in [2.05, 4.69) is 6.08 Å². The molecule has 0 fully saturated rings. The summed E-state index contributed by atoms with van der Waals surface area (Å²) < 4.78 is 0. The van der Waals surface area contributed by atoms with Crippen LogP contribution < -0.4 is 51.4 Å². The van der Waals surface area contributed by atoms with E-state index in [1.807, 2.05) is 32.9 Å². The van der Waals surface area contributed by atoms with Crippen LogP contribution in [0.15, 0.2) is 17.7 Å². The van der Waals surface area contributed by atoms with Crippen molar-refractivity contribution < 1.29 is 51.4 Å². The summed E-state index contributed by atoms with van der Waals surface area (Å²) in [5.41, 5.74) is 1.20. The van der Waals surface area contributed by atoms with Crippen LogP contribution in [0.1, 0.15) is 20.8 Å². The van der Waals surface area contributed by atoms with Gasteiger partial charge in [0.2, 0.25) is 0 Å². The van der Waals surface area contributed by atoms with Crippen molar-refractivity contribution in [3.8, 4) is 0 Å². The fourth-order valence-electron chi connectivity index (χ4n) is 0.333. The molecule has 0 aromatic carbocycles. The van der Waals surface area contributed by atoms with Crippen molar-refractivity contribution in [3.63, 3.8) is 0 Å². The molecule has 0 bridgehead atoms. The number of hydrogen-bond donors (Lipinski definition) is 0. The first-order valence-electron chi connectivity index (χ1n) is 2.45. The third-order valence-corrected chi connectivity index (χ3v) is 0.811. The summed E-state index contributed by atoms with van der Waals surface area (Å²) in [6, 6.07) is 0. The maximum atomic E-state index is 3.00. The standard InChI is InChI=1S/C7H11.K/c1-4-6-7(3)5-2;/h4,6H,1-3H3;/q-1;+1. The molecule has 8 heavy (non-hydrogen) atoms. The number of allylic oxidation sites excluding steroid dienone is 4. The van der Waals surface area contributed by atoms with E-state index in [-0.39, 0.29) is 51.4 Å². The van der Waals surface area contributed by atoms with Gasteiger partial charge in [0.25, 0.3) is 0 Å². The average molecular weight is 134 g/mol. The molecule has 0 N–H and O–H groups in total. The summed E-state index contributed by atoms with van der Waals surface area (Å²) >= 11 is 0. The third-order valence-electron chi connectivity index (χ3n) is 0.811. The zero-order valence-electron chi connectivity index (χ0n) is 6.15. The molecule has 0 aliphatic carbocycles. The molecule has 40 valence electrons. The van der Waals surface area contributed by atoms with Crippen molar-refractivity contribution in [3.05, 3.63) is 23.8 Å². The Balaban J connectivity index is 0. The first-order valence-corrected chi connectivity index (χ1v) is 2.45. The monoisotopic (exact) mass is 134 g/mol. The van der Waals surface area contributed by atoms with Gasteiger partial charge in [-0.2, -0.15) is 6.08 Å². The predicted octanol–water partition coefficient (Wildman–Crippen LogP) is -0.664. The molecule has 0 amide bonds. The molecule has 0 aromatic heterocycles. The van der Waals surface area contributed by atoms with Crippen LogP contribution in [0.2, 0.25) is 0 Å². The summed E-state index contributed by atoms with van der Waals surface area (Å²) in [6.07, 6.45) is 7.03. The van der Waals surface area contributed by atoms with Crippen molar-refractivity contribution in [2.24, 2.45) is 0 Å². The van der Waals surface area contributed by atoms with Gasteiger partial charge in [-0.15, -0.1) is 6.92 Å². The quantitative estimate of drug-likeness (QED) is 0.254. The van der Waals surface area contributed by atoms with E-state index in [0.29, 0.717) is 0 Å². The maximum Gasteiger partial charge on any atom is 1.00 e. The van der Waals surface area contributed by atoms with Gasteiger partial charge in [0.15, 0.2) is 0 Å². The van der Waals surface area contributed by atoms with E-state index < -0.39 is 0 Å².